The molecule has 0 fully saturated rings. The summed E-state index contributed by atoms with van der Waals surface area (Å²) in [5.74, 6) is 1.00. The van der Waals surface area contributed by atoms with Crippen molar-refractivity contribution in [3.8, 4) is 5.75 Å². The zero-order chi connectivity index (χ0) is 14.5. The predicted molar refractivity (Wildman–Crippen MR) is 82.7 cm³/mol. The van der Waals surface area contributed by atoms with Crippen molar-refractivity contribution in [3.05, 3.63) is 29.8 Å². The third kappa shape index (κ3) is 4.87. The van der Waals surface area contributed by atoms with Gasteiger partial charge in [0.25, 0.3) is 0 Å². The molecule has 0 saturated carbocycles. The number of para-hydroxylation sites is 1. The molecule has 1 rings (SSSR count). The minimum atomic E-state index is 0.158. The average Bonchev–Trinajstić information content (AvgIpc) is 2.29. The number of rotatable bonds is 6. The Morgan fingerprint density at radius 3 is 2.32 bits per heavy atom. The SMILES string of the molecule is CCCNC(c1ccccc1OC(C)C)C(C)(C)C. The van der Waals surface area contributed by atoms with Gasteiger partial charge in [-0.3, -0.25) is 0 Å². The first-order valence-electron chi connectivity index (χ1n) is 7.35. The highest BCUT2D eigenvalue weighted by Gasteiger charge is 2.28. The molecule has 0 radical (unpaired) electrons. The molecule has 1 unspecified atom stereocenters. The van der Waals surface area contributed by atoms with Crippen LogP contribution in [-0.4, -0.2) is 12.6 Å². The van der Waals surface area contributed by atoms with Gasteiger partial charge in [0.05, 0.1) is 6.10 Å². The highest BCUT2D eigenvalue weighted by Crippen LogP contribution is 2.37. The van der Waals surface area contributed by atoms with Crippen LogP contribution in [0, 0.1) is 5.41 Å². The molecule has 0 saturated heterocycles. The Morgan fingerprint density at radius 2 is 1.79 bits per heavy atom. The third-order valence-corrected chi connectivity index (χ3v) is 3.06. The van der Waals surface area contributed by atoms with Gasteiger partial charge in [-0.1, -0.05) is 45.9 Å². The molecule has 1 aromatic rings. The molecular weight excluding hydrogens is 234 g/mol. The summed E-state index contributed by atoms with van der Waals surface area (Å²) in [5.41, 5.74) is 1.42. The van der Waals surface area contributed by atoms with Crippen LogP contribution < -0.4 is 10.1 Å². The maximum absolute atomic E-state index is 5.96. The lowest BCUT2D eigenvalue weighted by Crippen LogP contribution is -2.33. The van der Waals surface area contributed by atoms with E-state index in [-0.39, 0.29) is 11.5 Å². The fraction of sp³-hybridized carbons (Fsp3) is 0.647. The Balaban J connectivity index is 3.07. The third-order valence-electron chi connectivity index (χ3n) is 3.06. The van der Waals surface area contributed by atoms with Crippen LogP contribution in [-0.2, 0) is 0 Å². The summed E-state index contributed by atoms with van der Waals surface area (Å²) in [6.45, 7) is 14.2. The lowest BCUT2D eigenvalue weighted by atomic mass is 9.82. The highest BCUT2D eigenvalue weighted by molar-refractivity contribution is 5.37. The normalized spacial score (nSPS) is 13.6. The van der Waals surface area contributed by atoms with E-state index < -0.39 is 0 Å². The van der Waals surface area contributed by atoms with Gasteiger partial charge >= 0.3 is 0 Å². The number of benzene rings is 1. The van der Waals surface area contributed by atoms with Crippen molar-refractivity contribution in [1.29, 1.82) is 0 Å². The minimum Gasteiger partial charge on any atom is -0.491 e. The molecule has 0 spiro atoms. The summed E-state index contributed by atoms with van der Waals surface area (Å²) in [5, 5.41) is 3.66. The second-order valence-electron chi connectivity index (χ2n) is 6.46. The van der Waals surface area contributed by atoms with Crippen molar-refractivity contribution in [2.45, 2.75) is 60.1 Å². The van der Waals surface area contributed by atoms with Gasteiger partial charge in [0, 0.05) is 11.6 Å². The maximum Gasteiger partial charge on any atom is 0.124 e. The van der Waals surface area contributed by atoms with E-state index in [1.54, 1.807) is 0 Å². The average molecular weight is 263 g/mol. The van der Waals surface area contributed by atoms with E-state index in [4.69, 9.17) is 4.74 Å². The molecule has 0 aliphatic rings. The van der Waals surface area contributed by atoms with Crippen molar-refractivity contribution in [3.63, 3.8) is 0 Å². The Kier molecular flexibility index (Phi) is 5.86. The lowest BCUT2D eigenvalue weighted by Gasteiger charge is -2.33. The summed E-state index contributed by atoms with van der Waals surface area (Å²) >= 11 is 0. The van der Waals surface area contributed by atoms with Crippen LogP contribution in [0.1, 0.15) is 59.6 Å². The van der Waals surface area contributed by atoms with Crippen LogP contribution in [0.2, 0.25) is 0 Å². The Labute approximate surface area is 118 Å². The topological polar surface area (TPSA) is 21.3 Å². The van der Waals surface area contributed by atoms with E-state index >= 15 is 0 Å². The zero-order valence-corrected chi connectivity index (χ0v) is 13.3. The summed E-state index contributed by atoms with van der Waals surface area (Å²) in [6, 6.07) is 8.69. The van der Waals surface area contributed by atoms with Crippen molar-refractivity contribution in [2.24, 2.45) is 5.41 Å². The molecule has 1 atom stereocenters. The molecule has 1 N–H and O–H groups in total. The highest BCUT2D eigenvalue weighted by atomic mass is 16.5. The fourth-order valence-electron chi connectivity index (χ4n) is 2.25. The zero-order valence-electron chi connectivity index (χ0n) is 13.3. The number of ether oxygens (including phenoxy) is 1. The van der Waals surface area contributed by atoms with Crippen LogP contribution in [0.3, 0.4) is 0 Å². The van der Waals surface area contributed by atoms with Gasteiger partial charge in [0.15, 0.2) is 0 Å². The van der Waals surface area contributed by atoms with Gasteiger partial charge in [0.2, 0.25) is 0 Å². The second kappa shape index (κ2) is 6.95. The van der Waals surface area contributed by atoms with Crippen LogP contribution in [0.25, 0.3) is 0 Å². The van der Waals surface area contributed by atoms with Gasteiger partial charge in [-0.05, 0) is 38.3 Å². The molecule has 0 aliphatic heterocycles. The van der Waals surface area contributed by atoms with E-state index in [9.17, 15) is 0 Å². The van der Waals surface area contributed by atoms with Crippen LogP contribution in [0.4, 0.5) is 0 Å². The first-order valence-corrected chi connectivity index (χ1v) is 7.35. The fourth-order valence-corrected chi connectivity index (χ4v) is 2.25. The van der Waals surface area contributed by atoms with Gasteiger partial charge < -0.3 is 10.1 Å². The van der Waals surface area contributed by atoms with E-state index in [1.807, 2.05) is 6.07 Å². The lowest BCUT2D eigenvalue weighted by molar-refractivity contribution is 0.222. The Morgan fingerprint density at radius 1 is 1.16 bits per heavy atom. The molecule has 0 bridgehead atoms. The molecule has 0 aromatic heterocycles. The summed E-state index contributed by atoms with van der Waals surface area (Å²) < 4.78 is 5.96. The van der Waals surface area contributed by atoms with Gasteiger partial charge in [-0.15, -0.1) is 0 Å². The summed E-state index contributed by atoms with van der Waals surface area (Å²) in [4.78, 5) is 0. The molecule has 0 aliphatic carbocycles. The first kappa shape index (κ1) is 16.0. The van der Waals surface area contributed by atoms with Gasteiger partial charge in [-0.25, -0.2) is 0 Å². The van der Waals surface area contributed by atoms with Crippen molar-refractivity contribution < 1.29 is 4.74 Å². The monoisotopic (exact) mass is 263 g/mol. The molecule has 2 nitrogen and oxygen atoms in total. The van der Waals surface area contributed by atoms with Crippen molar-refractivity contribution in [2.75, 3.05) is 6.54 Å². The molecule has 1 aromatic carbocycles. The van der Waals surface area contributed by atoms with E-state index in [0.29, 0.717) is 6.04 Å². The minimum absolute atomic E-state index is 0.158. The quantitative estimate of drug-likeness (QED) is 0.812. The van der Waals surface area contributed by atoms with E-state index in [2.05, 4.69) is 65.1 Å². The summed E-state index contributed by atoms with van der Waals surface area (Å²) in [7, 11) is 0. The second-order valence-corrected chi connectivity index (χ2v) is 6.46. The molecule has 108 valence electrons. The smallest absolute Gasteiger partial charge is 0.124 e. The first-order chi connectivity index (χ1) is 8.86. The van der Waals surface area contributed by atoms with Crippen molar-refractivity contribution >= 4 is 0 Å². The van der Waals surface area contributed by atoms with Crippen molar-refractivity contribution in [1.82, 2.24) is 5.32 Å². The Bertz CT molecular complexity index is 379. The largest absolute Gasteiger partial charge is 0.491 e. The maximum atomic E-state index is 5.96. The number of nitrogens with one attached hydrogen (secondary N) is 1. The molecule has 19 heavy (non-hydrogen) atoms. The van der Waals surface area contributed by atoms with Crippen LogP contribution in [0.5, 0.6) is 5.75 Å². The van der Waals surface area contributed by atoms with E-state index in [1.165, 1.54) is 5.56 Å². The van der Waals surface area contributed by atoms with Gasteiger partial charge in [-0.2, -0.15) is 0 Å². The number of hydrogen-bond acceptors (Lipinski definition) is 2. The summed E-state index contributed by atoms with van der Waals surface area (Å²) in [6.07, 6.45) is 1.34. The predicted octanol–water partition coefficient (Wildman–Crippen LogP) is 4.56. The number of hydrogen-bond donors (Lipinski definition) is 1. The standard InChI is InChI=1S/C17H29NO/c1-7-12-18-16(17(4,5)6)14-10-8-9-11-15(14)19-13(2)3/h8-11,13,16,18H,7,12H2,1-6H3. The van der Waals surface area contributed by atoms with Crippen LogP contribution >= 0.6 is 0 Å². The molecule has 0 heterocycles. The molecular formula is C17H29NO. The molecule has 0 amide bonds. The Hall–Kier alpha value is -1.02. The van der Waals surface area contributed by atoms with E-state index in [0.717, 1.165) is 18.7 Å². The van der Waals surface area contributed by atoms with Crippen LogP contribution in [0.15, 0.2) is 24.3 Å². The van der Waals surface area contributed by atoms with Gasteiger partial charge in [0.1, 0.15) is 5.75 Å². The molecule has 2 heteroatoms.